The van der Waals surface area contributed by atoms with Crippen LogP contribution in [0.5, 0.6) is 0 Å². The zero-order valence-electron chi connectivity index (χ0n) is 14.4. The smallest absolute Gasteiger partial charge is 0.224 e. The highest BCUT2D eigenvalue weighted by Crippen LogP contribution is 2.08. The second-order valence-corrected chi connectivity index (χ2v) is 6.76. The van der Waals surface area contributed by atoms with Crippen LogP contribution >= 0.6 is 0 Å². The molecule has 0 radical (unpaired) electrons. The zero-order valence-corrected chi connectivity index (χ0v) is 14.4. The Labute approximate surface area is 131 Å². The second kappa shape index (κ2) is 9.38. The van der Waals surface area contributed by atoms with Gasteiger partial charge in [0, 0.05) is 47.1 Å². The van der Waals surface area contributed by atoms with E-state index < -0.39 is 0 Å². The number of hydrogen-bond donors (Lipinski definition) is 1. The van der Waals surface area contributed by atoms with Crippen LogP contribution < -0.4 is 5.32 Å². The molecule has 0 bridgehead atoms. The third-order valence-corrected chi connectivity index (χ3v) is 3.73. The van der Waals surface area contributed by atoms with Gasteiger partial charge in [0.1, 0.15) is 0 Å². The van der Waals surface area contributed by atoms with E-state index >= 15 is 0 Å². The van der Waals surface area contributed by atoms with Gasteiger partial charge in [0.25, 0.3) is 0 Å². The molecule has 126 valence electrons. The lowest BCUT2D eigenvalue weighted by atomic mass is 10.2. The molecule has 0 aromatic rings. The quantitative estimate of drug-likeness (QED) is 0.686. The molecule has 5 nitrogen and oxygen atoms in total. The Balaban J connectivity index is 0.00000441. The molecule has 1 atom stereocenters. The number of hydrogen-bond acceptors (Lipinski definition) is 4. The van der Waals surface area contributed by atoms with Crippen LogP contribution in [-0.4, -0.2) is 74.7 Å². The molecule has 0 aromatic heterocycles. The highest BCUT2D eigenvalue weighted by Gasteiger charge is 2.23. The lowest BCUT2D eigenvalue weighted by Crippen LogP contribution is -2.49. The zero-order chi connectivity index (χ0) is 15.8. The van der Waals surface area contributed by atoms with Gasteiger partial charge in [-0.3, -0.25) is 9.69 Å². The molecular formula is C16H35N3O2. The van der Waals surface area contributed by atoms with Gasteiger partial charge in [-0.05, 0) is 12.5 Å². The first-order valence-corrected chi connectivity index (χ1v) is 8.19. The molecule has 1 rings (SSSR count). The maximum Gasteiger partial charge on any atom is 0.224 e. The van der Waals surface area contributed by atoms with Gasteiger partial charge in [-0.25, -0.2) is 0 Å². The summed E-state index contributed by atoms with van der Waals surface area (Å²) < 4.78 is 5.80. The van der Waals surface area contributed by atoms with Crippen molar-refractivity contribution in [1.29, 1.82) is 0 Å². The van der Waals surface area contributed by atoms with Crippen molar-refractivity contribution in [3.05, 3.63) is 0 Å². The van der Waals surface area contributed by atoms with Crippen molar-refractivity contribution in [2.75, 3.05) is 52.9 Å². The number of carbonyl (C=O) groups is 1. The van der Waals surface area contributed by atoms with Gasteiger partial charge in [-0.2, -0.15) is 0 Å². The van der Waals surface area contributed by atoms with E-state index in [0.717, 1.165) is 39.3 Å². The number of rotatable bonds is 8. The molecule has 1 fully saturated rings. The Morgan fingerprint density at radius 1 is 1.43 bits per heavy atom. The lowest BCUT2D eigenvalue weighted by Gasteiger charge is -2.35. The van der Waals surface area contributed by atoms with Crippen LogP contribution in [0.4, 0.5) is 0 Å². The maximum atomic E-state index is 11.9. The summed E-state index contributed by atoms with van der Waals surface area (Å²) in [5.41, 5.74) is 0. The highest BCUT2D eigenvalue weighted by atomic mass is 16.5. The van der Waals surface area contributed by atoms with E-state index in [1.54, 1.807) is 4.90 Å². The van der Waals surface area contributed by atoms with Gasteiger partial charge >= 0.3 is 0 Å². The fourth-order valence-corrected chi connectivity index (χ4v) is 2.56. The first-order chi connectivity index (χ1) is 9.90. The molecule has 0 saturated carbocycles. The van der Waals surface area contributed by atoms with E-state index in [4.69, 9.17) is 4.74 Å². The molecule has 1 saturated heterocycles. The van der Waals surface area contributed by atoms with Crippen molar-refractivity contribution in [3.63, 3.8) is 0 Å². The number of morpholine rings is 1. The van der Waals surface area contributed by atoms with Gasteiger partial charge in [-0.1, -0.05) is 27.7 Å². The number of ether oxygens (including phenoxy) is 1. The van der Waals surface area contributed by atoms with E-state index in [1.807, 2.05) is 20.9 Å². The van der Waals surface area contributed by atoms with Gasteiger partial charge in [0.2, 0.25) is 5.91 Å². The molecule has 1 heterocycles. The van der Waals surface area contributed by atoms with E-state index in [0.29, 0.717) is 12.5 Å². The highest BCUT2D eigenvalue weighted by molar-refractivity contribution is 5.77. The van der Waals surface area contributed by atoms with E-state index in [1.165, 1.54) is 0 Å². The van der Waals surface area contributed by atoms with E-state index in [-0.39, 0.29) is 19.4 Å². The minimum absolute atomic E-state index is 0. The largest absolute Gasteiger partial charge is 0.374 e. The minimum atomic E-state index is 0. The molecule has 1 aliphatic rings. The summed E-state index contributed by atoms with van der Waals surface area (Å²) in [6.45, 7) is 14.8. The first kappa shape index (κ1) is 18.4. The molecule has 1 amide bonds. The maximum absolute atomic E-state index is 11.9. The second-order valence-electron chi connectivity index (χ2n) is 6.76. The molecule has 1 aliphatic heterocycles. The molecule has 0 spiro atoms. The van der Waals surface area contributed by atoms with Gasteiger partial charge in [0.15, 0.2) is 0 Å². The topological polar surface area (TPSA) is 44.8 Å². The molecule has 0 aromatic carbocycles. The Hall–Kier alpha value is -0.650. The third-order valence-electron chi connectivity index (χ3n) is 3.73. The summed E-state index contributed by atoms with van der Waals surface area (Å²) in [6, 6.07) is 0. The molecule has 5 heteroatoms. The van der Waals surface area contributed by atoms with Crippen molar-refractivity contribution in [2.24, 2.45) is 11.8 Å². The fourth-order valence-electron chi connectivity index (χ4n) is 2.56. The van der Waals surface area contributed by atoms with Crippen molar-refractivity contribution in [2.45, 2.75) is 33.8 Å². The van der Waals surface area contributed by atoms with Crippen LogP contribution in [0.25, 0.3) is 0 Å². The number of nitrogens with one attached hydrogen (secondary N) is 1. The number of carbonyl (C=O) groups excluding carboxylic acids is 1. The van der Waals surface area contributed by atoms with Gasteiger partial charge in [-0.15, -0.1) is 0 Å². The summed E-state index contributed by atoms with van der Waals surface area (Å²) in [5.74, 6) is 0.933. The lowest BCUT2D eigenvalue weighted by molar-refractivity contribution is -0.136. The van der Waals surface area contributed by atoms with E-state index in [9.17, 15) is 4.79 Å². The van der Waals surface area contributed by atoms with Gasteiger partial charge in [0.05, 0.1) is 12.7 Å². The van der Waals surface area contributed by atoms with Crippen LogP contribution in [0.2, 0.25) is 0 Å². The van der Waals surface area contributed by atoms with Crippen LogP contribution in [0, 0.1) is 11.8 Å². The standard InChI is InChI=1S/C16H33N3O2.H2/c1-13(2)10-17-6-7-19-8-9-21-15(12-19)11-18(5)16(20)14(3)4;/h13-15,17H,6-12H2,1-5H3;1H/t15-;/m0./s1. The summed E-state index contributed by atoms with van der Waals surface area (Å²) in [4.78, 5) is 16.1. The minimum Gasteiger partial charge on any atom is -0.374 e. The normalized spacial score (nSPS) is 20.2. The molecule has 0 aliphatic carbocycles. The van der Waals surface area contributed by atoms with Gasteiger partial charge < -0.3 is 15.0 Å². The Morgan fingerprint density at radius 3 is 2.76 bits per heavy atom. The predicted molar refractivity (Wildman–Crippen MR) is 88.5 cm³/mol. The number of likely N-dealkylation sites (N-methyl/N-ethyl adjacent to an activating group) is 1. The van der Waals surface area contributed by atoms with Crippen molar-refractivity contribution < 1.29 is 11.0 Å². The summed E-state index contributed by atoms with van der Waals surface area (Å²) in [6.07, 6.45) is 0.136. The van der Waals surface area contributed by atoms with E-state index in [2.05, 4.69) is 24.1 Å². The number of nitrogens with zero attached hydrogens (tertiary/aromatic N) is 2. The van der Waals surface area contributed by atoms with Crippen molar-refractivity contribution in [1.82, 2.24) is 15.1 Å². The fraction of sp³-hybridized carbons (Fsp3) is 0.938. The van der Waals surface area contributed by atoms with Crippen LogP contribution in [0.1, 0.15) is 29.1 Å². The molecule has 21 heavy (non-hydrogen) atoms. The average molecular weight is 301 g/mol. The van der Waals surface area contributed by atoms with Crippen LogP contribution in [-0.2, 0) is 9.53 Å². The Kier molecular flexibility index (Phi) is 8.22. The average Bonchev–Trinajstić information content (AvgIpc) is 2.42. The summed E-state index contributed by atoms with van der Waals surface area (Å²) in [7, 11) is 1.87. The van der Waals surface area contributed by atoms with Crippen LogP contribution in [0.3, 0.4) is 0 Å². The van der Waals surface area contributed by atoms with Crippen molar-refractivity contribution >= 4 is 5.91 Å². The molecular weight excluding hydrogens is 266 g/mol. The monoisotopic (exact) mass is 301 g/mol. The third kappa shape index (κ3) is 7.25. The molecule has 1 N–H and O–H groups in total. The summed E-state index contributed by atoms with van der Waals surface area (Å²) >= 11 is 0. The SMILES string of the molecule is CC(C)CNCCN1CCO[C@@H](CN(C)C(=O)C(C)C)C1.[HH]. The first-order valence-electron chi connectivity index (χ1n) is 8.19. The van der Waals surface area contributed by atoms with Crippen molar-refractivity contribution in [3.8, 4) is 0 Å². The summed E-state index contributed by atoms with van der Waals surface area (Å²) in [5, 5.41) is 3.47. The number of amides is 1. The molecule has 0 unspecified atom stereocenters. The predicted octanol–water partition coefficient (Wildman–Crippen LogP) is 1.29. The Bertz CT molecular complexity index is 314. The Morgan fingerprint density at radius 2 is 2.14 bits per heavy atom. The van der Waals surface area contributed by atoms with Crippen LogP contribution in [0.15, 0.2) is 0 Å².